The molecule has 0 unspecified atom stereocenters. The molecule has 6 rings (SSSR count). The van der Waals surface area contributed by atoms with Gasteiger partial charge in [0.2, 0.25) is 0 Å². The number of pyridine rings is 3. The molecule has 5 heterocycles. The van der Waals surface area contributed by atoms with Crippen LogP contribution in [0.15, 0.2) is 59.7 Å². The number of likely N-dealkylation sites (tertiary alicyclic amines) is 1. The molecule has 2 aliphatic rings. The summed E-state index contributed by atoms with van der Waals surface area (Å²) in [5.41, 5.74) is 3.93. The quantitative estimate of drug-likeness (QED) is 0.339. The van der Waals surface area contributed by atoms with Crippen molar-refractivity contribution in [3.63, 3.8) is 0 Å². The number of nitrogens with one attached hydrogen (secondary N) is 3. The molecular formula is C30H33N7O3. The molecule has 10 nitrogen and oxygen atoms in total. The van der Waals surface area contributed by atoms with E-state index >= 15 is 0 Å². The van der Waals surface area contributed by atoms with Crippen LogP contribution in [0.1, 0.15) is 29.6 Å². The summed E-state index contributed by atoms with van der Waals surface area (Å²) < 4.78 is 5.65. The van der Waals surface area contributed by atoms with Crippen molar-refractivity contribution < 1.29 is 9.53 Å². The van der Waals surface area contributed by atoms with E-state index in [0.717, 1.165) is 69.8 Å². The van der Waals surface area contributed by atoms with Crippen molar-refractivity contribution in [3.8, 4) is 17.0 Å². The van der Waals surface area contributed by atoms with Crippen molar-refractivity contribution in [2.75, 3.05) is 56.6 Å². The van der Waals surface area contributed by atoms with Gasteiger partial charge < -0.3 is 30.2 Å². The second-order valence-electron chi connectivity index (χ2n) is 10.2. The van der Waals surface area contributed by atoms with Gasteiger partial charge >= 0.3 is 0 Å². The van der Waals surface area contributed by atoms with Crippen LogP contribution in [0.25, 0.3) is 22.2 Å². The molecule has 2 aliphatic heterocycles. The number of H-pyrrole nitrogens is 1. The van der Waals surface area contributed by atoms with E-state index in [1.165, 1.54) is 0 Å². The smallest absolute Gasteiger partial charge is 0.259 e. The van der Waals surface area contributed by atoms with E-state index in [1.807, 2.05) is 41.4 Å². The SMILES string of the molecule is COc1cc(-c2cc(Nc3ccc(N4CCNCC4)cn3)c3c(=O)[nH]ccc3n2)ccc1C(=O)N1CCCCC1. The van der Waals surface area contributed by atoms with Crippen molar-refractivity contribution in [1.29, 1.82) is 0 Å². The lowest BCUT2D eigenvalue weighted by molar-refractivity contribution is 0.0721. The van der Waals surface area contributed by atoms with Gasteiger partial charge in [-0.3, -0.25) is 9.59 Å². The molecule has 3 N–H and O–H groups in total. The average molecular weight is 540 g/mol. The van der Waals surface area contributed by atoms with Crippen LogP contribution in [0, 0.1) is 0 Å². The molecule has 0 saturated carbocycles. The number of aromatic nitrogens is 3. The maximum atomic E-state index is 13.2. The molecule has 3 aromatic heterocycles. The standard InChI is InChI=1S/C30H33N7O3/c1-40-26-17-20(5-7-22(26)30(39)37-13-3-2-4-14-37)24-18-25(28-23(34-24)9-10-32-29(28)38)35-27-8-6-21(19-33-27)36-15-11-31-12-16-36/h5-10,17-19,31H,2-4,11-16H2,1H3,(H,32,38)(H,33,34,35). The zero-order valence-electron chi connectivity index (χ0n) is 22.6. The summed E-state index contributed by atoms with van der Waals surface area (Å²) in [5, 5.41) is 7.14. The summed E-state index contributed by atoms with van der Waals surface area (Å²) in [4.78, 5) is 42.4. The van der Waals surface area contributed by atoms with Gasteiger partial charge in [0, 0.05) is 51.0 Å². The minimum Gasteiger partial charge on any atom is -0.496 e. The van der Waals surface area contributed by atoms with Crippen LogP contribution in [0.5, 0.6) is 5.75 Å². The van der Waals surface area contributed by atoms with Crippen molar-refractivity contribution >= 4 is 34.0 Å². The fourth-order valence-electron chi connectivity index (χ4n) is 5.44. The highest BCUT2D eigenvalue weighted by Gasteiger charge is 2.22. The van der Waals surface area contributed by atoms with Crippen LogP contribution >= 0.6 is 0 Å². The minimum absolute atomic E-state index is 0.0150. The van der Waals surface area contributed by atoms with Gasteiger partial charge in [0.15, 0.2) is 0 Å². The Morgan fingerprint density at radius 2 is 1.82 bits per heavy atom. The van der Waals surface area contributed by atoms with Gasteiger partial charge in [-0.05, 0) is 55.7 Å². The van der Waals surface area contributed by atoms with Crippen LogP contribution in [0.2, 0.25) is 0 Å². The van der Waals surface area contributed by atoms with Gasteiger partial charge in [-0.1, -0.05) is 6.07 Å². The Kier molecular flexibility index (Phi) is 7.33. The molecule has 2 saturated heterocycles. The van der Waals surface area contributed by atoms with E-state index in [0.29, 0.717) is 39.4 Å². The molecule has 40 heavy (non-hydrogen) atoms. The lowest BCUT2D eigenvalue weighted by Gasteiger charge is -2.29. The van der Waals surface area contributed by atoms with Gasteiger partial charge in [-0.25, -0.2) is 9.97 Å². The van der Waals surface area contributed by atoms with E-state index in [2.05, 4.69) is 25.5 Å². The number of fused-ring (bicyclic) bond motifs is 1. The van der Waals surface area contributed by atoms with Crippen molar-refractivity contribution in [2.45, 2.75) is 19.3 Å². The largest absolute Gasteiger partial charge is 0.496 e. The summed E-state index contributed by atoms with van der Waals surface area (Å²) in [7, 11) is 1.57. The third kappa shape index (κ3) is 5.22. The summed E-state index contributed by atoms with van der Waals surface area (Å²) in [6, 6.07) is 13.1. The first kappa shape index (κ1) is 25.8. The fourth-order valence-corrected chi connectivity index (χ4v) is 5.44. The number of nitrogens with zero attached hydrogens (tertiary/aromatic N) is 4. The van der Waals surface area contributed by atoms with E-state index in [1.54, 1.807) is 25.4 Å². The molecular weight excluding hydrogens is 506 g/mol. The maximum Gasteiger partial charge on any atom is 0.259 e. The maximum absolute atomic E-state index is 13.2. The number of carbonyl (C=O) groups is 1. The number of piperazine rings is 1. The topological polar surface area (TPSA) is 115 Å². The van der Waals surface area contributed by atoms with Crippen LogP contribution < -0.4 is 25.8 Å². The third-order valence-electron chi connectivity index (χ3n) is 7.59. The van der Waals surface area contributed by atoms with E-state index < -0.39 is 0 Å². The second-order valence-corrected chi connectivity index (χ2v) is 10.2. The first-order valence-electron chi connectivity index (χ1n) is 13.8. The Hall–Kier alpha value is -4.44. The molecule has 2 fully saturated rings. The number of carbonyl (C=O) groups excluding carboxylic acids is 1. The molecule has 1 aromatic carbocycles. The number of amides is 1. The molecule has 0 radical (unpaired) electrons. The first-order valence-corrected chi connectivity index (χ1v) is 13.8. The molecule has 206 valence electrons. The summed E-state index contributed by atoms with van der Waals surface area (Å²) in [5.74, 6) is 1.11. The Morgan fingerprint density at radius 1 is 1.00 bits per heavy atom. The first-order chi connectivity index (χ1) is 19.6. The highest BCUT2D eigenvalue weighted by molar-refractivity contribution is 5.98. The zero-order chi connectivity index (χ0) is 27.5. The fraction of sp³-hybridized carbons (Fsp3) is 0.333. The molecule has 0 bridgehead atoms. The number of piperidine rings is 1. The van der Waals surface area contributed by atoms with Crippen LogP contribution in [-0.2, 0) is 0 Å². The summed E-state index contributed by atoms with van der Waals surface area (Å²) in [6.07, 6.45) is 6.64. The van der Waals surface area contributed by atoms with Crippen LogP contribution in [0.3, 0.4) is 0 Å². The molecule has 0 aliphatic carbocycles. The Bertz CT molecular complexity index is 1570. The monoisotopic (exact) mass is 539 g/mol. The molecule has 4 aromatic rings. The number of benzene rings is 1. The van der Waals surface area contributed by atoms with Crippen molar-refractivity contribution in [3.05, 3.63) is 70.8 Å². The van der Waals surface area contributed by atoms with Crippen LogP contribution in [-0.4, -0.2) is 72.1 Å². The predicted octanol–water partition coefficient (Wildman–Crippen LogP) is 3.77. The van der Waals surface area contributed by atoms with Crippen molar-refractivity contribution in [1.82, 2.24) is 25.2 Å². The van der Waals surface area contributed by atoms with Gasteiger partial charge in [-0.2, -0.15) is 0 Å². The summed E-state index contributed by atoms with van der Waals surface area (Å²) in [6.45, 7) is 5.31. The Balaban J connectivity index is 1.34. The number of aromatic amines is 1. The molecule has 0 spiro atoms. The second kappa shape index (κ2) is 11.4. The minimum atomic E-state index is -0.239. The number of anilines is 3. The van der Waals surface area contributed by atoms with Gasteiger partial charge in [0.05, 0.1) is 46.8 Å². The normalized spacial score (nSPS) is 15.7. The Labute approximate surface area is 232 Å². The number of ether oxygens (including phenoxy) is 1. The van der Waals surface area contributed by atoms with Gasteiger partial charge in [-0.15, -0.1) is 0 Å². The zero-order valence-corrected chi connectivity index (χ0v) is 22.6. The van der Waals surface area contributed by atoms with Crippen LogP contribution in [0.4, 0.5) is 17.2 Å². The molecule has 1 amide bonds. The molecule has 0 atom stereocenters. The van der Waals surface area contributed by atoms with Gasteiger partial charge in [0.1, 0.15) is 11.6 Å². The third-order valence-corrected chi connectivity index (χ3v) is 7.59. The van der Waals surface area contributed by atoms with E-state index in [-0.39, 0.29) is 11.5 Å². The lowest BCUT2D eigenvalue weighted by atomic mass is 10.0. The highest BCUT2D eigenvalue weighted by atomic mass is 16.5. The number of methoxy groups -OCH3 is 1. The van der Waals surface area contributed by atoms with Gasteiger partial charge in [0.25, 0.3) is 11.5 Å². The molecule has 10 heteroatoms. The highest BCUT2D eigenvalue weighted by Crippen LogP contribution is 2.32. The summed E-state index contributed by atoms with van der Waals surface area (Å²) >= 11 is 0. The van der Waals surface area contributed by atoms with E-state index in [4.69, 9.17) is 9.72 Å². The van der Waals surface area contributed by atoms with E-state index in [9.17, 15) is 9.59 Å². The van der Waals surface area contributed by atoms with Crippen molar-refractivity contribution in [2.24, 2.45) is 0 Å². The average Bonchev–Trinajstić information content (AvgIpc) is 3.01. The lowest BCUT2D eigenvalue weighted by Crippen LogP contribution is -2.43. The number of rotatable bonds is 6. The Morgan fingerprint density at radius 3 is 2.58 bits per heavy atom. The number of hydrogen-bond donors (Lipinski definition) is 3. The number of hydrogen-bond acceptors (Lipinski definition) is 8. The predicted molar refractivity (Wildman–Crippen MR) is 157 cm³/mol.